The summed E-state index contributed by atoms with van der Waals surface area (Å²) >= 11 is 0. The van der Waals surface area contributed by atoms with Crippen molar-refractivity contribution in [2.75, 3.05) is 13.2 Å². The quantitative estimate of drug-likeness (QED) is 0.444. The molecule has 1 aliphatic rings. The van der Waals surface area contributed by atoms with Crippen molar-refractivity contribution in [3.05, 3.63) is 65.0 Å². The van der Waals surface area contributed by atoms with Crippen molar-refractivity contribution in [2.24, 2.45) is 0 Å². The van der Waals surface area contributed by atoms with Crippen LogP contribution in [0.2, 0.25) is 0 Å². The van der Waals surface area contributed by atoms with Gasteiger partial charge in [-0.3, -0.25) is 4.98 Å². The number of aliphatic hydroxyl groups excluding tert-OH is 1. The zero-order valence-electron chi connectivity index (χ0n) is 19.8. The minimum atomic E-state index is -0.544. The molecular formula is C28H27N3O3. The molecule has 5 rings (SSSR count). The molecule has 0 bridgehead atoms. The van der Waals surface area contributed by atoms with Crippen molar-refractivity contribution in [3.63, 3.8) is 0 Å². The Bertz CT molecular complexity index is 1450. The highest BCUT2D eigenvalue weighted by Crippen LogP contribution is 2.44. The third kappa shape index (κ3) is 3.77. The highest BCUT2D eigenvalue weighted by Gasteiger charge is 2.28. The molecule has 0 fully saturated rings. The maximum Gasteiger partial charge on any atom is 0.141 e. The Morgan fingerprint density at radius 2 is 2.03 bits per heavy atom. The minimum absolute atomic E-state index is 0.169. The predicted octanol–water partition coefficient (Wildman–Crippen LogP) is 5.41. The summed E-state index contributed by atoms with van der Waals surface area (Å²) in [4.78, 5) is 9.35. The van der Waals surface area contributed by atoms with E-state index in [1.54, 1.807) is 6.07 Å². The molecule has 0 amide bonds. The van der Waals surface area contributed by atoms with Crippen LogP contribution in [0.3, 0.4) is 0 Å². The SMILES string of the molecule is Cc1cc2nc(C#N)ccc2c(-c2ccc3c4c(ccnc24)CCO3)c1C(CO)OC(C)(C)C. The van der Waals surface area contributed by atoms with Crippen LogP contribution in [-0.4, -0.2) is 33.9 Å². The third-order valence-corrected chi connectivity index (χ3v) is 6.18. The molecule has 2 aromatic carbocycles. The van der Waals surface area contributed by atoms with Crippen LogP contribution in [0.5, 0.6) is 5.75 Å². The fourth-order valence-corrected chi connectivity index (χ4v) is 4.91. The molecule has 4 aromatic rings. The van der Waals surface area contributed by atoms with E-state index in [9.17, 15) is 10.4 Å². The van der Waals surface area contributed by atoms with E-state index in [0.717, 1.165) is 56.2 Å². The number of nitrogens with zero attached hydrogens (tertiary/aromatic N) is 3. The number of pyridine rings is 2. The van der Waals surface area contributed by atoms with Gasteiger partial charge in [-0.05, 0) is 86.3 Å². The lowest BCUT2D eigenvalue weighted by atomic mass is 9.86. The fraction of sp³-hybridized carbons (Fsp3) is 0.321. The van der Waals surface area contributed by atoms with Crippen molar-refractivity contribution in [2.45, 2.75) is 45.8 Å². The van der Waals surface area contributed by atoms with Gasteiger partial charge in [-0.25, -0.2) is 4.98 Å². The molecule has 1 unspecified atom stereocenters. The summed E-state index contributed by atoms with van der Waals surface area (Å²) in [6.45, 7) is 8.42. The minimum Gasteiger partial charge on any atom is -0.493 e. The lowest BCUT2D eigenvalue weighted by molar-refractivity contribution is -0.0821. The molecule has 0 aliphatic carbocycles. The highest BCUT2D eigenvalue weighted by atomic mass is 16.5. The standard InChI is InChI=1S/C28H27N3O3/c1-16-13-21-19(6-5-18(14-29)31-21)26(24(16)23(15-32)34-28(2,3)4)20-7-8-22-25-17(10-12-33-22)9-11-30-27(20)25/h5-9,11,13,23,32H,10,12,15H2,1-4H3. The maximum atomic E-state index is 10.4. The Morgan fingerprint density at radius 1 is 1.21 bits per heavy atom. The van der Waals surface area contributed by atoms with Gasteiger partial charge in [0.1, 0.15) is 23.6 Å². The molecule has 3 heterocycles. The average Bonchev–Trinajstić information content (AvgIpc) is 2.82. The maximum absolute atomic E-state index is 10.4. The lowest BCUT2D eigenvalue weighted by Crippen LogP contribution is -2.25. The third-order valence-electron chi connectivity index (χ3n) is 6.18. The highest BCUT2D eigenvalue weighted by molar-refractivity contribution is 6.07. The van der Waals surface area contributed by atoms with E-state index in [4.69, 9.17) is 14.5 Å². The van der Waals surface area contributed by atoms with E-state index < -0.39 is 11.7 Å². The van der Waals surface area contributed by atoms with Gasteiger partial charge < -0.3 is 14.6 Å². The van der Waals surface area contributed by atoms with E-state index >= 15 is 0 Å². The van der Waals surface area contributed by atoms with Crippen LogP contribution >= 0.6 is 0 Å². The van der Waals surface area contributed by atoms with Crippen LogP contribution in [-0.2, 0) is 11.2 Å². The van der Waals surface area contributed by atoms with Crippen LogP contribution in [0.25, 0.3) is 32.9 Å². The molecular weight excluding hydrogens is 426 g/mol. The Balaban J connectivity index is 1.89. The zero-order valence-corrected chi connectivity index (χ0v) is 19.8. The van der Waals surface area contributed by atoms with E-state index in [1.165, 1.54) is 5.56 Å². The monoisotopic (exact) mass is 453 g/mol. The normalized spacial score (nSPS) is 14.1. The van der Waals surface area contributed by atoms with Crippen LogP contribution in [0.15, 0.2) is 42.6 Å². The number of hydrogen-bond donors (Lipinski definition) is 1. The predicted molar refractivity (Wildman–Crippen MR) is 132 cm³/mol. The number of aryl methyl sites for hydroxylation is 1. The van der Waals surface area contributed by atoms with Gasteiger partial charge in [-0.15, -0.1) is 0 Å². The Morgan fingerprint density at radius 3 is 2.76 bits per heavy atom. The van der Waals surface area contributed by atoms with Gasteiger partial charge in [0.15, 0.2) is 0 Å². The topological polar surface area (TPSA) is 88.3 Å². The van der Waals surface area contributed by atoms with Gasteiger partial charge >= 0.3 is 0 Å². The van der Waals surface area contributed by atoms with E-state index in [0.29, 0.717) is 12.3 Å². The lowest BCUT2D eigenvalue weighted by Gasteiger charge is -2.30. The Kier molecular flexibility index (Phi) is 5.47. The van der Waals surface area contributed by atoms with Gasteiger partial charge in [0.2, 0.25) is 0 Å². The van der Waals surface area contributed by atoms with Crippen molar-refractivity contribution < 1.29 is 14.6 Å². The molecule has 0 spiro atoms. The molecule has 172 valence electrons. The second-order valence-corrected chi connectivity index (χ2v) is 9.66. The van der Waals surface area contributed by atoms with Crippen molar-refractivity contribution in [3.8, 4) is 22.9 Å². The smallest absolute Gasteiger partial charge is 0.141 e. The Labute approximate surface area is 198 Å². The van der Waals surface area contributed by atoms with E-state index in [-0.39, 0.29) is 6.61 Å². The number of nitriles is 1. The van der Waals surface area contributed by atoms with E-state index in [1.807, 2.05) is 64.2 Å². The molecule has 0 saturated carbocycles. The number of benzene rings is 2. The molecule has 6 nitrogen and oxygen atoms in total. The summed E-state index contributed by atoms with van der Waals surface area (Å²) in [6.07, 6.45) is 2.13. The van der Waals surface area contributed by atoms with Crippen molar-refractivity contribution >= 4 is 21.8 Å². The molecule has 1 N–H and O–H groups in total. The van der Waals surface area contributed by atoms with Crippen LogP contribution in [0, 0.1) is 18.3 Å². The van der Waals surface area contributed by atoms with Crippen LogP contribution in [0.4, 0.5) is 0 Å². The average molecular weight is 454 g/mol. The first-order valence-electron chi connectivity index (χ1n) is 11.5. The molecule has 0 radical (unpaired) electrons. The number of aromatic nitrogens is 2. The molecule has 0 saturated heterocycles. The van der Waals surface area contributed by atoms with Gasteiger partial charge in [0, 0.05) is 29.0 Å². The Hall–Kier alpha value is -3.53. The number of hydrogen-bond acceptors (Lipinski definition) is 6. The summed E-state index contributed by atoms with van der Waals surface area (Å²) in [7, 11) is 0. The first-order chi connectivity index (χ1) is 16.3. The summed E-state index contributed by atoms with van der Waals surface area (Å²) in [6, 6.07) is 13.8. The summed E-state index contributed by atoms with van der Waals surface area (Å²) in [5.74, 6) is 0.834. The number of ether oxygens (including phenoxy) is 2. The first kappa shape index (κ1) is 22.3. The first-order valence-corrected chi connectivity index (χ1v) is 11.5. The molecule has 2 aromatic heterocycles. The van der Waals surface area contributed by atoms with Crippen molar-refractivity contribution in [1.82, 2.24) is 9.97 Å². The summed E-state index contributed by atoms with van der Waals surface area (Å²) in [5, 5.41) is 21.7. The largest absolute Gasteiger partial charge is 0.493 e. The van der Waals surface area contributed by atoms with E-state index in [2.05, 4.69) is 11.1 Å². The number of rotatable bonds is 4. The molecule has 1 atom stereocenters. The van der Waals surface area contributed by atoms with Gasteiger partial charge in [0.05, 0.1) is 29.8 Å². The molecule has 1 aliphatic heterocycles. The second kappa shape index (κ2) is 8.35. The fourth-order valence-electron chi connectivity index (χ4n) is 4.91. The van der Waals surface area contributed by atoms with Crippen LogP contribution < -0.4 is 4.74 Å². The van der Waals surface area contributed by atoms with Crippen molar-refractivity contribution in [1.29, 1.82) is 5.26 Å². The van der Waals surface area contributed by atoms with Gasteiger partial charge in [-0.1, -0.05) is 0 Å². The zero-order chi connectivity index (χ0) is 24.0. The van der Waals surface area contributed by atoms with Gasteiger partial charge in [-0.2, -0.15) is 5.26 Å². The molecule has 6 heteroatoms. The summed E-state index contributed by atoms with van der Waals surface area (Å²) < 4.78 is 12.3. The number of fused-ring (bicyclic) bond motifs is 1. The summed E-state index contributed by atoms with van der Waals surface area (Å²) in [5.41, 5.74) is 6.36. The van der Waals surface area contributed by atoms with Crippen LogP contribution in [0.1, 0.15) is 49.3 Å². The van der Waals surface area contributed by atoms with Gasteiger partial charge in [0.25, 0.3) is 0 Å². The number of aliphatic hydroxyl groups is 1. The molecule has 34 heavy (non-hydrogen) atoms. The second-order valence-electron chi connectivity index (χ2n) is 9.66.